The van der Waals surface area contributed by atoms with Crippen molar-refractivity contribution in [2.45, 2.75) is 6.18 Å². The minimum Gasteiger partial charge on any atom is -0.380 e. The van der Waals surface area contributed by atoms with Crippen LogP contribution >= 0.6 is 0 Å². The van der Waals surface area contributed by atoms with Crippen molar-refractivity contribution < 1.29 is 22.5 Å². The van der Waals surface area contributed by atoms with Crippen LogP contribution < -0.4 is 11.1 Å². The molecule has 4 aromatic rings. The molecule has 0 bridgehead atoms. The average molecular weight is 423 g/mol. The molecule has 0 aliphatic rings. The monoisotopic (exact) mass is 423 g/mol. The molecule has 1 aromatic heterocycles. The molecule has 0 atom stereocenters. The Morgan fingerprint density at radius 2 is 1.77 bits per heavy atom. The molecule has 1 heterocycles. The Balaban J connectivity index is 1.47. The van der Waals surface area contributed by atoms with E-state index in [4.69, 9.17) is 10.3 Å². The number of benzene rings is 3. The minimum atomic E-state index is -4.44. The first kappa shape index (κ1) is 20.2. The fourth-order valence-corrected chi connectivity index (χ4v) is 3.16. The minimum absolute atomic E-state index is 0.278. The van der Waals surface area contributed by atoms with Crippen molar-refractivity contribution in [1.29, 1.82) is 0 Å². The summed E-state index contributed by atoms with van der Waals surface area (Å²) in [6, 6.07) is 17.3. The summed E-state index contributed by atoms with van der Waals surface area (Å²) in [5, 5.41) is 7.17. The summed E-state index contributed by atoms with van der Waals surface area (Å²) in [4.78, 5) is 12.1. The zero-order chi connectivity index (χ0) is 22.0. The van der Waals surface area contributed by atoms with Crippen LogP contribution in [0.2, 0.25) is 0 Å². The number of carbonyl (C=O) groups is 1. The summed E-state index contributed by atoms with van der Waals surface area (Å²) in [7, 11) is 0. The fraction of sp³-hybridized carbons (Fsp3) is 0.0435. The number of carbonyl (C=O) groups excluding carboxylic acids is 1. The average Bonchev–Trinajstić information content (AvgIpc) is 3.14. The highest BCUT2D eigenvalue weighted by Gasteiger charge is 2.30. The Hall–Kier alpha value is -4.07. The molecule has 0 aliphatic carbocycles. The number of alkyl halides is 3. The summed E-state index contributed by atoms with van der Waals surface area (Å²) in [5.41, 5.74) is 8.22. The molecular weight excluding hydrogens is 407 g/mol. The first-order valence-corrected chi connectivity index (χ1v) is 9.22. The van der Waals surface area contributed by atoms with Gasteiger partial charge in [-0.3, -0.25) is 4.79 Å². The maximum absolute atomic E-state index is 12.8. The Morgan fingerprint density at radius 3 is 2.52 bits per heavy atom. The molecule has 0 saturated heterocycles. The molecule has 4 rings (SSSR count). The molecule has 8 heteroatoms. The molecule has 0 unspecified atom stereocenters. The maximum atomic E-state index is 12.8. The number of nitrogens with one attached hydrogen (secondary N) is 1. The first-order chi connectivity index (χ1) is 14.8. The van der Waals surface area contributed by atoms with E-state index in [-0.39, 0.29) is 5.56 Å². The van der Waals surface area contributed by atoms with Crippen LogP contribution in [-0.4, -0.2) is 11.1 Å². The van der Waals surface area contributed by atoms with E-state index in [1.165, 1.54) is 24.3 Å². The lowest BCUT2D eigenvalue weighted by Gasteiger charge is -2.07. The van der Waals surface area contributed by atoms with Crippen LogP contribution in [0.3, 0.4) is 0 Å². The van der Waals surface area contributed by atoms with Crippen molar-refractivity contribution in [3.05, 3.63) is 83.9 Å². The number of hydrogen-bond donors (Lipinski definition) is 2. The van der Waals surface area contributed by atoms with E-state index < -0.39 is 17.6 Å². The van der Waals surface area contributed by atoms with Crippen molar-refractivity contribution >= 4 is 34.5 Å². The lowest BCUT2D eigenvalue weighted by molar-refractivity contribution is -0.137. The third kappa shape index (κ3) is 4.42. The lowest BCUT2D eigenvalue weighted by atomic mass is 10.0. The summed E-state index contributed by atoms with van der Waals surface area (Å²) in [6.07, 6.45) is -1.92. The number of fused-ring (bicyclic) bond motifs is 1. The summed E-state index contributed by atoms with van der Waals surface area (Å²) in [5.74, 6) is -0.168. The number of nitrogens with zero attached hydrogens (tertiary/aromatic N) is 1. The van der Waals surface area contributed by atoms with Crippen molar-refractivity contribution in [1.82, 2.24) is 5.16 Å². The SMILES string of the molecule is Nc1noc2cccc(-c3ccc(NC(=O)/C=C/c4cccc(C(F)(F)F)c4)cc3)c12. The number of amides is 1. The van der Waals surface area contributed by atoms with Gasteiger partial charge in [-0.15, -0.1) is 0 Å². The second kappa shape index (κ2) is 7.98. The van der Waals surface area contributed by atoms with E-state index >= 15 is 0 Å². The number of aromatic nitrogens is 1. The van der Waals surface area contributed by atoms with E-state index in [0.717, 1.165) is 23.3 Å². The zero-order valence-corrected chi connectivity index (χ0v) is 16.0. The van der Waals surface area contributed by atoms with Gasteiger partial charge in [-0.2, -0.15) is 13.2 Å². The van der Waals surface area contributed by atoms with E-state index in [0.29, 0.717) is 22.5 Å². The molecular formula is C23H16F3N3O2. The number of anilines is 2. The number of nitrogen functional groups attached to an aromatic ring is 1. The first-order valence-electron chi connectivity index (χ1n) is 9.22. The fourth-order valence-electron chi connectivity index (χ4n) is 3.16. The van der Waals surface area contributed by atoms with Gasteiger partial charge in [0, 0.05) is 11.8 Å². The van der Waals surface area contributed by atoms with Gasteiger partial charge in [-0.05, 0) is 53.1 Å². The third-order valence-electron chi connectivity index (χ3n) is 4.63. The largest absolute Gasteiger partial charge is 0.416 e. The molecule has 0 spiro atoms. The Kier molecular flexibility index (Phi) is 5.21. The van der Waals surface area contributed by atoms with Gasteiger partial charge < -0.3 is 15.6 Å². The Morgan fingerprint density at radius 1 is 1.03 bits per heavy atom. The molecule has 1 amide bonds. The predicted molar refractivity (Wildman–Crippen MR) is 113 cm³/mol. The maximum Gasteiger partial charge on any atom is 0.416 e. The second-order valence-electron chi connectivity index (χ2n) is 6.77. The summed E-state index contributed by atoms with van der Waals surface area (Å²) >= 11 is 0. The predicted octanol–water partition coefficient (Wildman–Crippen LogP) is 5.75. The van der Waals surface area contributed by atoms with Crippen LogP contribution in [0.15, 0.2) is 77.3 Å². The molecule has 0 radical (unpaired) electrons. The lowest BCUT2D eigenvalue weighted by Crippen LogP contribution is -2.07. The van der Waals surface area contributed by atoms with E-state index in [1.807, 2.05) is 24.3 Å². The van der Waals surface area contributed by atoms with E-state index in [9.17, 15) is 18.0 Å². The van der Waals surface area contributed by atoms with Gasteiger partial charge >= 0.3 is 6.18 Å². The van der Waals surface area contributed by atoms with Gasteiger partial charge in [0.25, 0.3) is 0 Å². The van der Waals surface area contributed by atoms with E-state index in [1.54, 1.807) is 18.2 Å². The molecule has 3 aromatic carbocycles. The second-order valence-corrected chi connectivity index (χ2v) is 6.77. The smallest absolute Gasteiger partial charge is 0.380 e. The Labute approximate surface area is 175 Å². The molecule has 0 aliphatic heterocycles. The van der Waals surface area contributed by atoms with Gasteiger partial charge in [0.15, 0.2) is 11.4 Å². The van der Waals surface area contributed by atoms with Crippen molar-refractivity contribution in [3.63, 3.8) is 0 Å². The van der Waals surface area contributed by atoms with Gasteiger partial charge in [0.2, 0.25) is 5.91 Å². The molecule has 5 nitrogen and oxygen atoms in total. The van der Waals surface area contributed by atoms with Crippen LogP contribution in [0.25, 0.3) is 28.2 Å². The Bertz CT molecular complexity index is 1280. The highest BCUT2D eigenvalue weighted by molar-refractivity contribution is 6.03. The number of rotatable bonds is 4. The van der Waals surface area contributed by atoms with Crippen molar-refractivity contribution in [2.75, 3.05) is 11.1 Å². The topological polar surface area (TPSA) is 81.2 Å². The number of halogens is 3. The van der Waals surface area contributed by atoms with Crippen LogP contribution in [0.4, 0.5) is 24.7 Å². The number of hydrogen-bond acceptors (Lipinski definition) is 4. The standard InChI is InChI=1S/C23H16F3N3O2/c24-23(25,26)16-4-1-3-14(13-16)7-12-20(30)28-17-10-8-15(9-11-17)18-5-2-6-19-21(18)22(27)29-31-19/h1-13H,(H2,27,29)(H,28,30)/b12-7+. The molecule has 0 fully saturated rings. The van der Waals surface area contributed by atoms with Crippen LogP contribution in [-0.2, 0) is 11.0 Å². The zero-order valence-electron chi connectivity index (χ0n) is 16.0. The van der Waals surface area contributed by atoms with Crippen LogP contribution in [0.1, 0.15) is 11.1 Å². The van der Waals surface area contributed by atoms with Crippen molar-refractivity contribution in [3.8, 4) is 11.1 Å². The highest BCUT2D eigenvalue weighted by atomic mass is 19.4. The van der Waals surface area contributed by atoms with Gasteiger partial charge in [0.05, 0.1) is 10.9 Å². The molecule has 156 valence electrons. The normalized spacial score (nSPS) is 11.8. The van der Waals surface area contributed by atoms with Gasteiger partial charge in [0.1, 0.15) is 0 Å². The van der Waals surface area contributed by atoms with E-state index in [2.05, 4.69) is 10.5 Å². The molecule has 0 saturated carbocycles. The highest BCUT2D eigenvalue weighted by Crippen LogP contribution is 2.33. The molecule has 3 N–H and O–H groups in total. The van der Waals surface area contributed by atoms with Crippen LogP contribution in [0, 0.1) is 0 Å². The quantitative estimate of drug-likeness (QED) is 0.410. The van der Waals surface area contributed by atoms with Crippen LogP contribution in [0.5, 0.6) is 0 Å². The van der Waals surface area contributed by atoms with Crippen molar-refractivity contribution in [2.24, 2.45) is 0 Å². The van der Waals surface area contributed by atoms with Gasteiger partial charge in [-0.1, -0.05) is 41.6 Å². The van der Waals surface area contributed by atoms with Gasteiger partial charge in [-0.25, -0.2) is 0 Å². The summed E-state index contributed by atoms with van der Waals surface area (Å²) in [6.45, 7) is 0. The third-order valence-corrected chi connectivity index (χ3v) is 4.63. The summed E-state index contributed by atoms with van der Waals surface area (Å²) < 4.78 is 43.5. The number of nitrogens with two attached hydrogens (primary N) is 1. The molecule has 31 heavy (non-hydrogen) atoms.